The highest BCUT2D eigenvalue weighted by Gasteiger charge is 2.16. The minimum atomic E-state index is -3.66. The van der Waals surface area contributed by atoms with Crippen molar-refractivity contribution >= 4 is 21.6 Å². The molecule has 136 valence electrons. The van der Waals surface area contributed by atoms with Gasteiger partial charge in [-0.2, -0.15) is 0 Å². The number of nitrogens with one attached hydrogen (secondary N) is 1. The number of hydrogen-bond donors (Lipinski definition) is 1. The van der Waals surface area contributed by atoms with E-state index in [0.717, 1.165) is 11.4 Å². The van der Waals surface area contributed by atoms with Gasteiger partial charge in [0, 0.05) is 31.8 Å². The summed E-state index contributed by atoms with van der Waals surface area (Å²) in [6.07, 6.45) is 1.66. The van der Waals surface area contributed by atoms with Gasteiger partial charge in [-0.3, -0.25) is 0 Å². The van der Waals surface area contributed by atoms with Crippen molar-refractivity contribution in [1.82, 2.24) is 24.5 Å². The van der Waals surface area contributed by atoms with Crippen LogP contribution in [0.15, 0.2) is 47.5 Å². The average molecular weight is 392 g/mol. The van der Waals surface area contributed by atoms with Gasteiger partial charge >= 0.3 is 0 Å². The molecule has 0 aliphatic rings. The molecule has 0 aliphatic heterocycles. The van der Waals surface area contributed by atoms with Gasteiger partial charge in [-0.25, -0.2) is 18.1 Å². The number of halogens is 1. The molecular formula is C17H18ClN5O2S. The van der Waals surface area contributed by atoms with Crippen LogP contribution in [0.1, 0.15) is 11.4 Å². The summed E-state index contributed by atoms with van der Waals surface area (Å²) in [5, 5.41) is 8.64. The first-order valence-electron chi connectivity index (χ1n) is 7.94. The second-order valence-electron chi connectivity index (χ2n) is 5.79. The topological polar surface area (TPSA) is 89.8 Å². The molecule has 2 aromatic heterocycles. The number of pyridine rings is 1. The summed E-state index contributed by atoms with van der Waals surface area (Å²) in [5.74, 6) is 1.43. The summed E-state index contributed by atoms with van der Waals surface area (Å²) in [6.45, 7) is 1.91. The Hall–Kier alpha value is -2.29. The lowest BCUT2D eigenvalue weighted by Gasteiger charge is -2.08. The Kier molecular flexibility index (Phi) is 5.36. The molecule has 0 aliphatic carbocycles. The monoisotopic (exact) mass is 391 g/mol. The first kappa shape index (κ1) is 18.5. The van der Waals surface area contributed by atoms with Gasteiger partial charge in [0.15, 0.2) is 5.82 Å². The van der Waals surface area contributed by atoms with E-state index in [2.05, 4.69) is 19.9 Å². The summed E-state index contributed by atoms with van der Waals surface area (Å²) >= 11 is 5.84. The number of rotatable bonds is 6. The predicted molar refractivity (Wildman–Crippen MR) is 99.3 cm³/mol. The van der Waals surface area contributed by atoms with E-state index in [0.29, 0.717) is 17.8 Å². The minimum absolute atomic E-state index is 0.0855. The van der Waals surface area contributed by atoms with Gasteiger partial charge in [-0.15, -0.1) is 10.2 Å². The summed E-state index contributed by atoms with van der Waals surface area (Å²) in [6, 6.07) is 11.2. The molecule has 0 bridgehead atoms. The molecule has 0 amide bonds. The van der Waals surface area contributed by atoms with E-state index in [9.17, 15) is 8.42 Å². The SMILES string of the molecule is Cc1cc(S(=O)(=O)NCCc2nnc(-c3ccccc3)n2C)cnc1Cl. The molecule has 0 unspecified atom stereocenters. The van der Waals surface area contributed by atoms with Gasteiger partial charge in [-0.05, 0) is 18.6 Å². The quantitative estimate of drug-likeness (QED) is 0.651. The van der Waals surface area contributed by atoms with Gasteiger partial charge in [0.1, 0.15) is 15.9 Å². The van der Waals surface area contributed by atoms with Crippen LogP contribution in [0, 0.1) is 6.92 Å². The van der Waals surface area contributed by atoms with E-state index in [1.807, 2.05) is 41.9 Å². The van der Waals surface area contributed by atoms with Crippen molar-refractivity contribution in [1.29, 1.82) is 0 Å². The molecule has 9 heteroatoms. The van der Waals surface area contributed by atoms with E-state index >= 15 is 0 Å². The minimum Gasteiger partial charge on any atom is -0.314 e. The zero-order valence-corrected chi connectivity index (χ0v) is 15.9. The van der Waals surface area contributed by atoms with Crippen LogP contribution in [-0.4, -0.2) is 34.7 Å². The second kappa shape index (κ2) is 7.53. The fraction of sp³-hybridized carbons (Fsp3) is 0.235. The Morgan fingerprint density at radius 2 is 1.92 bits per heavy atom. The highest BCUT2D eigenvalue weighted by atomic mass is 35.5. The van der Waals surface area contributed by atoms with Crippen molar-refractivity contribution < 1.29 is 8.42 Å². The van der Waals surface area contributed by atoms with Crippen molar-refractivity contribution in [2.24, 2.45) is 7.05 Å². The first-order valence-corrected chi connectivity index (χ1v) is 9.80. The lowest BCUT2D eigenvalue weighted by Crippen LogP contribution is -2.27. The predicted octanol–water partition coefficient (Wildman–Crippen LogP) is 2.36. The largest absolute Gasteiger partial charge is 0.314 e. The van der Waals surface area contributed by atoms with Crippen LogP contribution in [-0.2, 0) is 23.5 Å². The zero-order valence-electron chi connectivity index (χ0n) is 14.3. The van der Waals surface area contributed by atoms with E-state index in [-0.39, 0.29) is 16.6 Å². The maximum absolute atomic E-state index is 12.4. The highest BCUT2D eigenvalue weighted by molar-refractivity contribution is 7.89. The van der Waals surface area contributed by atoms with Crippen molar-refractivity contribution in [3.63, 3.8) is 0 Å². The Labute approximate surface area is 157 Å². The second-order valence-corrected chi connectivity index (χ2v) is 7.92. The van der Waals surface area contributed by atoms with Gasteiger partial charge in [0.2, 0.25) is 10.0 Å². The molecule has 0 fully saturated rings. The lowest BCUT2D eigenvalue weighted by molar-refractivity contribution is 0.579. The molecule has 0 spiro atoms. The van der Waals surface area contributed by atoms with Crippen LogP contribution >= 0.6 is 11.6 Å². The van der Waals surface area contributed by atoms with Crippen molar-refractivity contribution in [3.8, 4) is 11.4 Å². The Morgan fingerprint density at radius 3 is 2.62 bits per heavy atom. The van der Waals surface area contributed by atoms with E-state index in [4.69, 9.17) is 11.6 Å². The van der Waals surface area contributed by atoms with Crippen LogP contribution in [0.3, 0.4) is 0 Å². The van der Waals surface area contributed by atoms with Gasteiger partial charge in [0.05, 0.1) is 0 Å². The molecule has 1 N–H and O–H groups in total. The molecule has 3 aromatic rings. The van der Waals surface area contributed by atoms with E-state index in [1.165, 1.54) is 12.3 Å². The van der Waals surface area contributed by atoms with E-state index < -0.39 is 10.0 Å². The first-order chi connectivity index (χ1) is 12.4. The summed E-state index contributed by atoms with van der Waals surface area (Å²) < 4.78 is 29.1. The van der Waals surface area contributed by atoms with E-state index in [1.54, 1.807) is 6.92 Å². The standard InChI is InChI=1S/C17H18ClN5O2S/c1-12-10-14(11-19-16(12)18)26(24,25)20-9-8-15-21-22-17(23(15)2)13-6-4-3-5-7-13/h3-7,10-11,20H,8-9H2,1-2H3. The fourth-order valence-corrected chi connectivity index (χ4v) is 3.64. The number of sulfonamides is 1. The average Bonchev–Trinajstić information content (AvgIpc) is 2.99. The van der Waals surface area contributed by atoms with Gasteiger partial charge < -0.3 is 4.57 Å². The number of hydrogen-bond acceptors (Lipinski definition) is 5. The zero-order chi connectivity index (χ0) is 18.7. The third kappa shape index (κ3) is 3.92. The van der Waals surface area contributed by atoms with Crippen LogP contribution in [0.2, 0.25) is 5.15 Å². The van der Waals surface area contributed by atoms with Crippen molar-refractivity contribution in [2.75, 3.05) is 6.54 Å². The molecule has 2 heterocycles. The molecular weight excluding hydrogens is 374 g/mol. The van der Waals surface area contributed by atoms with Crippen molar-refractivity contribution in [2.45, 2.75) is 18.2 Å². The van der Waals surface area contributed by atoms with Crippen molar-refractivity contribution in [3.05, 3.63) is 59.1 Å². The number of benzene rings is 1. The Morgan fingerprint density at radius 1 is 1.19 bits per heavy atom. The molecule has 0 radical (unpaired) electrons. The summed E-state index contributed by atoms with van der Waals surface area (Å²) in [4.78, 5) is 3.97. The third-order valence-electron chi connectivity index (χ3n) is 3.94. The molecule has 0 saturated heterocycles. The molecule has 3 rings (SSSR count). The number of aryl methyl sites for hydroxylation is 1. The Bertz CT molecular complexity index is 1020. The van der Waals surface area contributed by atoms with Gasteiger partial charge in [-0.1, -0.05) is 41.9 Å². The van der Waals surface area contributed by atoms with Crippen LogP contribution in [0.4, 0.5) is 0 Å². The van der Waals surface area contributed by atoms with Crippen LogP contribution in [0.5, 0.6) is 0 Å². The Balaban J connectivity index is 1.68. The normalized spacial score (nSPS) is 11.7. The van der Waals surface area contributed by atoms with Crippen LogP contribution < -0.4 is 4.72 Å². The summed E-state index contributed by atoms with van der Waals surface area (Å²) in [5.41, 5.74) is 1.56. The molecule has 26 heavy (non-hydrogen) atoms. The molecule has 0 atom stereocenters. The van der Waals surface area contributed by atoms with Crippen LogP contribution in [0.25, 0.3) is 11.4 Å². The fourth-order valence-electron chi connectivity index (χ4n) is 2.48. The number of nitrogens with zero attached hydrogens (tertiary/aromatic N) is 4. The summed E-state index contributed by atoms with van der Waals surface area (Å²) in [7, 11) is -1.80. The lowest BCUT2D eigenvalue weighted by atomic mass is 10.2. The van der Waals surface area contributed by atoms with Gasteiger partial charge in [0.25, 0.3) is 0 Å². The smallest absolute Gasteiger partial charge is 0.242 e. The number of aromatic nitrogens is 4. The molecule has 1 aromatic carbocycles. The maximum atomic E-state index is 12.4. The molecule has 7 nitrogen and oxygen atoms in total. The third-order valence-corrected chi connectivity index (χ3v) is 5.76. The maximum Gasteiger partial charge on any atom is 0.242 e. The molecule has 0 saturated carbocycles. The highest BCUT2D eigenvalue weighted by Crippen LogP contribution is 2.18.